The van der Waals surface area contributed by atoms with E-state index in [1.165, 1.54) is 4.90 Å². The van der Waals surface area contributed by atoms with Crippen LogP contribution in [0.5, 0.6) is 0 Å². The molecular formula is C20H24N2O4. The van der Waals surface area contributed by atoms with Crippen molar-refractivity contribution in [1.29, 1.82) is 0 Å². The van der Waals surface area contributed by atoms with Gasteiger partial charge in [0.05, 0.1) is 6.20 Å². The zero-order chi connectivity index (χ0) is 18.6. The van der Waals surface area contributed by atoms with Crippen LogP contribution in [0.3, 0.4) is 0 Å². The summed E-state index contributed by atoms with van der Waals surface area (Å²) in [5.74, 6) is 0.0543. The second-order valence-electron chi connectivity index (χ2n) is 6.83. The molecule has 1 amide bonds. The zero-order valence-corrected chi connectivity index (χ0v) is 15.0. The van der Waals surface area contributed by atoms with Gasteiger partial charge < -0.3 is 14.4 Å². The largest absolute Gasteiger partial charge is 0.479 e. The van der Waals surface area contributed by atoms with Crippen molar-refractivity contribution in [3.63, 3.8) is 0 Å². The number of carboxylic acid groups (broad SMARTS) is 1. The van der Waals surface area contributed by atoms with Crippen LogP contribution in [0, 0.1) is 0 Å². The summed E-state index contributed by atoms with van der Waals surface area (Å²) in [7, 11) is 1.60. The van der Waals surface area contributed by atoms with Gasteiger partial charge >= 0.3 is 5.97 Å². The lowest BCUT2D eigenvalue weighted by Gasteiger charge is -2.41. The monoisotopic (exact) mass is 356 g/mol. The fraction of sp³-hybridized carbons (Fsp3) is 0.450. The van der Waals surface area contributed by atoms with Crippen molar-refractivity contribution in [3.05, 3.63) is 42.4 Å². The van der Waals surface area contributed by atoms with Gasteiger partial charge in [-0.2, -0.15) is 0 Å². The number of hydrogen-bond acceptors (Lipinski definition) is 4. The smallest absolute Gasteiger partial charge is 0.329 e. The second kappa shape index (κ2) is 7.72. The molecule has 1 N–H and O–H groups in total. The molecule has 1 aliphatic rings. The quantitative estimate of drug-likeness (QED) is 0.856. The Labute approximate surface area is 152 Å². The van der Waals surface area contributed by atoms with Crippen molar-refractivity contribution in [2.24, 2.45) is 0 Å². The first kappa shape index (κ1) is 18.2. The van der Waals surface area contributed by atoms with E-state index in [-0.39, 0.29) is 12.3 Å². The summed E-state index contributed by atoms with van der Waals surface area (Å²) in [6.07, 6.45) is 5.91. The third-order valence-corrected chi connectivity index (χ3v) is 5.26. The number of hydrogen-bond donors (Lipinski definition) is 1. The van der Waals surface area contributed by atoms with Crippen LogP contribution >= 0.6 is 0 Å². The van der Waals surface area contributed by atoms with Gasteiger partial charge in [-0.05, 0) is 12.8 Å². The Morgan fingerprint density at radius 1 is 1.19 bits per heavy atom. The Bertz CT molecular complexity index is 763. The molecule has 0 spiro atoms. The summed E-state index contributed by atoms with van der Waals surface area (Å²) in [6.45, 7) is 0. The van der Waals surface area contributed by atoms with Crippen LogP contribution in [0.15, 0.2) is 40.9 Å². The Kier molecular flexibility index (Phi) is 5.40. The number of nitrogens with zero attached hydrogens (tertiary/aromatic N) is 2. The maximum atomic E-state index is 12.6. The summed E-state index contributed by atoms with van der Waals surface area (Å²) in [5, 5.41) is 9.70. The molecule has 6 heteroatoms. The Morgan fingerprint density at radius 2 is 1.88 bits per heavy atom. The van der Waals surface area contributed by atoms with Crippen LogP contribution in [0.4, 0.5) is 0 Å². The maximum absolute atomic E-state index is 12.6. The number of amides is 1. The van der Waals surface area contributed by atoms with Crippen LogP contribution in [-0.2, 0) is 16.0 Å². The number of aliphatic carboxylic acids is 1. The highest BCUT2D eigenvalue weighted by Gasteiger charge is 2.45. The van der Waals surface area contributed by atoms with Gasteiger partial charge in [-0.3, -0.25) is 4.79 Å². The SMILES string of the molecule is CN(C(=O)CCc1ncc(-c2ccccc2)o1)C1(C(=O)O)CCCCC1. The summed E-state index contributed by atoms with van der Waals surface area (Å²) >= 11 is 0. The Morgan fingerprint density at radius 3 is 2.54 bits per heavy atom. The summed E-state index contributed by atoms with van der Waals surface area (Å²) in [4.78, 5) is 30.1. The maximum Gasteiger partial charge on any atom is 0.329 e. The van der Waals surface area contributed by atoms with Crippen molar-refractivity contribution >= 4 is 11.9 Å². The molecule has 0 saturated heterocycles. The summed E-state index contributed by atoms with van der Waals surface area (Å²) < 4.78 is 5.72. The van der Waals surface area contributed by atoms with E-state index in [0.717, 1.165) is 24.8 Å². The molecule has 0 bridgehead atoms. The third-order valence-electron chi connectivity index (χ3n) is 5.26. The minimum absolute atomic E-state index is 0.181. The van der Waals surface area contributed by atoms with E-state index < -0.39 is 11.5 Å². The third kappa shape index (κ3) is 3.64. The Balaban J connectivity index is 1.63. The van der Waals surface area contributed by atoms with Gasteiger partial charge in [-0.25, -0.2) is 9.78 Å². The number of carbonyl (C=O) groups is 2. The molecule has 0 atom stereocenters. The van der Waals surface area contributed by atoms with Gasteiger partial charge in [-0.15, -0.1) is 0 Å². The van der Waals surface area contributed by atoms with Crippen molar-refractivity contribution in [3.8, 4) is 11.3 Å². The molecule has 1 aliphatic carbocycles. The number of carbonyl (C=O) groups excluding carboxylic acids is 1. The highest BCUT2D eigenvalue weighted by molar-refractivity contribution is 5.87. The number of carboxylic acids is 1. The van der Waals surface area contributed by atoms with Crippen molar-refractivity contribution in [2.75, 3.05) is 7.05 Å². The van der Waals surface area contributed by atoms with Gasteiger partial charge in [0, 0.05) is 25.5 Å². The number of aromatic nitrogens is 1. The van der Waals surface area contributed by atoms with Crippen LogP contribution < -0.4 is 0 Å². The van der Waals surface area contributed by atoms with E-state index in [2.05, 4.69) is 4.98 Å². The van der Waals surface area contributed by atoms with Gasteiger partial charge in [0.1, 0.15) is 5.54 Å². The average Bonchev–Trinajstić information content (AvgIpc) is 3.15. The number of benzene rings is 1. The Hall–Kier alpha value is -2.63. The highest BCUT2D eigenvalue weighted by Crippen LogP contribution is 2.33. The molecule has 1 fully saturated rings. The molecule has 0 aliphatic heterocycles. The van der Waals surface area contributed by atoms with E-state index in [0.29, 0.717) is 30.9 Å². The topological polar surface area (TPSA) is 83.6 Å². The fourth-order valence-electron chi connectivity index (χ4n) is 3.61. The van der Waals surface area contributed by atoms with Gasteiger partial charge in [0.2, 0.25) is 5.91 Å². The molecule has 0 radical (unpaired) electrons. The van der Waals surface area contributed by atoms with E-state index in [1.54, 1.807) is 13.2 Å². The van der Waals surface area contributed by atoms with Crippen LogP contribution in [-0.4, -0.2) is 39.5 Å². The van der Waals surface area contributed by atoms with E-state index in [4.69, 9.17) is 4.42 Å². The first-order valence-electron chi connectivity index (χ1n) is 9.03. The lowest BCUT2D eigenvalue weighted by atomic mass is 9.80. The second-order valence-corrected chi connectivity index (χ2v) is 6.83. The van der Waals surface area contributed by atoms with Crippen LogP contribution in [0.2, 0.25) is 0 Å². The van der Waals surface area contributed by atoms with Crippen LogP contribution in [0.1, 0.15) is 44.4 Å². The first-order chi connectivity index (χ1) is 12.5. The summed E-state index contributed by atoms with van der Waals surface area (Å²) in [6, 6.07) is 9.64. The van der Waals surface area contributed by atoms with Crippen molar-refractivity contribution in [1.82, 2.24) is 9.88 Å². The van der Waals surface area contributed by atoms with Gasteiger partial charge in [0.15, 0.2) is 11.7 Å². The molecule has 1 saturated carbocycles. The molecule has 1 aromatic carbocycles. The van der Waals surface area contributed by atoms with E-state index in [9.17, 15) is 14.7 Å². The predicted octanol–water partition coefficient (Wildman–Crippen LogP) is 3.52. The summed E-state index contributed by atoms with van der Waals surface area (Å²) in [5.41, 5.74) is -0.136. The highest BCUT2D eigenvalue weighted by atomic mass is 16.4. The van der Waals surface area contributed by atoms with Gasteiger partial charge in [-0.1, -0.05) is 49.6 Å². The van der Waals surface area contributed by atoms with Crippen molar-refractivity contribution in [2.45, 2.75) is 50.5 Å². The lowest BCUT2D eigenvalue weighted by Crippen LogP contribution is -2.56. The van der Waals surface area contributed by atoms with Crippen molar-refractivity contribution < 1.29 is 19.1 Å². The molecule has 6 nitrogen and oxygen atoms in total. The molecule has 1 aromatic heterocycles. The molecule has 3 rings (SSSR count). The van der Waals surface area contributed by atoms with Gasteiger partial charge in [0.25, 0.3) is 0 Å². The minimum Gasteiger partial charge on any atom is -0.479 e. The number of oxazole rings is 1. The molecule has 0 unspecified atom stereocenters. The number of rotatable bonds is 6. The molecule has 26 heavy (non-hydrogen) atoms. The molecule has 1 heterocycles. The predicted molar refractivity (Wildman–Crippen MR) is 96.5 cm³/mol. The molecule has 138 valence electrons. The first-order valence-corrected chi connectivity index (χ1v) is 9.03. The van der Waals surface area contributed by atoms with E-state index >= 15 is 0 Å². The number of aryl methyl sites for hydroxylation is 1. The average molecular weight is 356 g/mol. The van der Waals surface area contributed by atoms with E-state index in [1.807, 2.05) is 30.3 Å². The minimum atomic E-state index is -1.07. The molecule has 2 aromatic rings. The fourth-order valence-corrected chi connectivity index (χ4v) is 3.61. The van der Waals surface area contributed by atoms with Crippen LogP contribution in [0.25, 0.3) is 11.3 Å². The number of likely N-dealkylation sites (N-methyl/N-ethyl adjacent to an activating group) is 1. The lowest BCUT2D eigenvalue weighted by molar-refractivity contribution is -0.160. The molecular weight excluding hydrogens is 332 g/mol. The zero-order valence-electron chi connectivity index (χ0n) is 15.0. The normalized spacial score (nSPS) is 16.2. The standard InChI is InChI=1S/C20H24N2O4/c1-22(20(19(24)25)12-6-3-7-13-20)18(23)11-10-17-21-14-16(26-17)15-8-4-2-5-9-15/h2,4-5,8-9,14H,3,6-7,10-13H2,1H3,(H,24,25).